The Kier molecular flexibility index (Phi) is 4.47. The summed E-state index contributed by atoms with van der Waals surface area (Å²) in [6.45, 7) is 3.82. The number of benzene rings is 2. The summed E-state index contributed by atoms with van der Waals surface area (Å²) in [4.78, 5) is 16.5. The first-order chi connectivity index (χ1) is 11.9. The van der Waals surface area contributed by atoms with Crippen LogP contribution >= 0.6 is 11.6 Å². The average molecular weight is 353 g/mol. The zero-order valence-electron chi connectivity index (χ0n) is 13.9. The number of phenols is 1. The molecule has 0 spiro atoms. The van der Waals surface area contributed by atoms with E-state index in [1.54, 1.807) is 42.6 Å². The lowest BCUT2D eigenvalue weighted by atomic mass is 9.89. The highest BCUT2D eigenvalue weighted by Crippen LogP contribution is 2.39. The lowest BCUT2D eigenvalue weighted by Crippen LogP contribution is -2.13. The Balaban J connectivity index is 2.40. The van der Waals surface area contributed by atoms with Gasteiger partial charge in [-0.25, -0.2) is 0 Å². The van der Waals surface area contributed by atoms with E-state index in [4.69, 9.17) is 17.3 Å². The number of rotatable bonds is 3. The molecule has 0 bridgehead atoms. The summed E-state index contributed by atoms with van der Waals surface area (Å²) < 4.78 is 0. The van der Waals surface area contributed by atoms with Crippen LogP contribution in [0.1, 0.15) is 21.6 Å². The zero-order valence-corrected chi connectivity index (χ0v) is 14.6. The number of hydrogen-bond acceptors (Lipinski definition) is 3. The first kappa shape index (κ1) is 17.0. The molecule has 0 aliphatic rings. The summed E-state index contributed by atoms with van der Waals surface area (Å²) in [5, 5.41) is 9.97. The largest absolute Gasteiger partial charge is 0.508 e. The third kappa shape index (κ3) is 3.35. The maximum atomic E-state index is 12.1. The molecule has 0 radical (unpaired) electrons. The standard InChI is InChI=1S/C20H17ClN2O2/c1-11-7-16(12(2)23-10-11)19-17(13-3-5-15(24)6-4-13)8-14(21)9-18(19)20(22)25/h3-10,24H,1-2H3,(H2,22,25). The zero-order chi connectivity index (χ0) is 18.1. The van der Waals surface area contributed by atoms with Crippen LogP contribution in [0.4, 0.5) is 0 Å². The summed E-state index contributed by atoms with van der Waals surface area (Å²) in [7, 11) is 0. The number of carbonyl (C=O) groups excluding carboxylic acids is 1. The van der Waals surface area contributed by atoms with Crippen molar-refractivity contribution in [2.75, 3.05) is 0 Å². The number of pyridine rings is 1. The molecule has 3 aromatic rings. The van der Waals surface area contributed by atoms with Crippen molar-refractivity contribution in [3.05, 3.63) is 70.5 Å². The van der Waals surface area contributed by atoms with E-state index in [1.165, 1.54) is 0 Å². The molecule has 1 amide bonds. The van der Waals surface area contributed by atoms with E-state index in [9.17, 15) is 9.90 Å². The molecule has 2 aromatic carbocycles. The first-order valence-corrected chi connectivity index (χ1v) is 8.11. The van der Waals surface area contributed by atoms with Gasteiger partial charge in [-0.2, -0.15) is 0 Å². The van der Waals surface area contributed by atoms with Gasteiger partial charge in [-0.05, 0) is 60.9 Å². The molecule has 0 atom stereocenters. The molecular weight excluding hydrogens is 336 g/mol. The van der Waals surface area contributed by atoms with Gasteiger partial charge in [0.1, 0.15) is 5.75 Å². The fourth-order valence-electron chi connectivity index (χ4n) is 2.85. The Hall–Kier alpha value is -2.85. The molecule has 0 aliphatic heterocycles. The minimum Gasteiger partial charge on any atom is -0.508 e. The van der Waals surface area contributed by atoms with E-state index in [0.29, 0.717) is 16.1 Å². The molecule has 1 aromatic heterocycles. The van der Waals surface area contributed by atoms with Gasteiger partial charge >= 0.3 is 0 Å². The van der Waals surface area contributed by atoms with Crippen LogP contribution in [0, 0.1) is 13.8 Å². The van der Waals surface area contributed by atoms with Gasteiger partial charge in [0.2, 0.25) is 5.91 Å². The van der Waals surface area contributed by atoms with E-state index in [-0.39, 0.29) is 5.75 Å². The van der Waals surface area contributed by atoms with E-state index in [2.05, 4.69) is 4.98 Å². The summed E-state index contributed by atoms with van der Waals surface area (Å²) in [6, 6.07) is 12.1. The highest BCUT2D eigenvalue weighted by atomic mass is 35.5. The quantitative estimate of drug-likeness (QED) is 0.729. The predicted octanol–water partition coefficient (Wildman–Crippen LogP) is 4.49. The van der Waals surface area contributed by atoms with Gasteiger partial charge in [0.25, 0.3) is 0 Å². The topological polar surface area (TPSA) is 76.2 Å². The van der Waals surface area contributed by atoms with Gasteiger partial charge < -0.3 is 10.8 Å². The van der Waals surface area contributed by atoms with Crippen molar-refractivity contribution in [1.29, 1.82) is 0 Å². The van der Waals surface area contributed by atoms with Crippen LogP contribution in [0.3, 0.4) is 0 Å². The Morgan fingerprint density at radius 1 is 1.08 bits per heavy atom. The Bertz CT molecular complexity index is 966. The summed E-state index contributed by atoms with van der Waals surface area (Å²) in [6.07, 6.45) is 1.78. The second-order valence-corrected chi connectivity index (χ2v) is 6.37. The molecule has 3 rings (SSSR count). The number of phenolic OH excluding ortho intramolecular Hbond substituents is 1. The fourth-order valence-corrected chi connectivity index (χ4v) is 3.07. The van der Waals surface area contributed by atoms with Crippen molar-refractivity contribution < 1.29 is 9.90 Å². The molecule has 0 unspecified atom stereocenters. The molecule has 4 nitrogen and oxygen atoms in total. The average Bonchev–Trinajstić information content (AvgIpc) is 2.57. The van der Waals surface area contributed by atoms with E-state index in [1.807, 2.05) is 19.9 Å². The van der Waals surface area contributed by atoms with Crippen LogP contribution in [-0.2, 0) is 0 Å². The summed E-state index contributed by atoms with van der Waals surface area (Å²) in [5.74, 6) is -0.394. The maximum absolute atomic E-state index is 12.1. The van der Waals surface area contributed by atoms with Gasteiger partial charge in [0, 0.05) is 33.6 Å². The van der Waals surface area contributed by atoms with Gasteiger partial charge in [0.05, 0.1) is 0 Å². The Labute approximate surface area is 150 Å². The number of hydrogen-bond donors (Lipinski definition) is 2. The summed E-state index contributed by atoms with van der Waals surface area (Å²) >= 11 is 6.23. The van der Waals surface area contributed by atoms with Crippen LogP contribution in [0.5, 0.6) is 5.75 Å². The molecule has 5 heteroatoms. The SMILES string of the molecule is Cc1cnc(C)c(-c2c(C(N)=O)cc(Cl)cc2-c2ccc(O)cc2)c1. The number of carbonyl (C=O) groups is 1. The highest BCUT2D eigenvalue weighted by Gasteiger charge is 2.19. The van der Waals surface area contributed by atoms with Crippen LogP contribution in [0.25, 0.3) is 22.3 Å². The van der Waals surface area contributed by atoms with Gasteiger partial charge in [-0.1, -0.05) is 23.7 Å². The molecule has 0 saturated heterocycles. The molecule has 126 valence electrons. The lowest BCUT2D eigenvalue weighted by Gasteiger charge is -2.17. The van der Waals surface area contributed by atoms with Crippen molar-refractivity contribution in [2.45, 2.75) is 13.8 Å². The second kappa shape index (κ2) is 6.57. The number of amides is 1. The summed E-state index contributed by atoms with van der Waals surface area (Å²) in [5.41, 5.74) is 10.8. The maximum Gasteiger partial charge on any atom is 0.249 e. The van der Waals surface area contributed by atoms with Crippen molar-refractivity contribution in [3.63, 3.8) is 0 Å². The minimum atomic E-state index is -0.557. The number of aromatic nitrogens is 1. The first-order valence-electron chi connectivity index (χ1n) is 7.73. The van der Waals surface area contributed by atoms with Crippen LogP contribution in [-0.4, -0.2) is 16.0 Å². The Morgan fingerprint density at radius 3 is 2.40 bits per heavy atom. The minimum absolute atomic E-state index is 0.163. The van der Waals surface area contributed by atoms with Gasteiger partial charge in [0.15, 0.2) is 0 Å². The lowest BCUT2D eigenvalue weighted by molar-refractivity contribution is 0.100. The van der Waals surface area contributed by atoms with Crippen molar-refractivity contribution >= 4 is 17.5 Å². The van der Waals surface area contributed by atoms with E-state index >= 15 is 0 Å². The van der Waals surface area contributed by atoms with Crippen molar-refractivity contribution in [2.24, 2.45) is 5.73 Å². The van der Waals surface area contributed by atoms with Gasteiger partial charge in [-0.3, -0.25) is 9.78 Å². The number of aromatic hydroxyl groups is 1. The highest BCUT2D eigenvalue weighted by molar-refractivity contribution is 6.31. The van der Waals surface area contributed by atoms with Crippen LogP contribution in [0.15, 0.2) is 48.7 Å². The monoisotopic (exact) mass is 352 g/mol. The van der Waals surface area contributed by atoms with Crippen molar-refractivity contribution in [3.8, 4) is 28.0 Å². The van der Waals surface area contributed by atoms with E-state index in [0.717, 1.165) is 27.9 Å². The number of nitrogens with two attached hydrogens (primary N) is 1. The molecule has 0 saturated carbocycles. The van der Waals surface area contributed by atoms with Crippen LogP contribution < -0.4 is 5.73 Å². The van der Waals surface area contributed by atoms with Gasteiger partial charge in [-0.15, -0.1) is 0 Å². The normalized spacial score (nSPS) is 10.7. The molecule has 1 heterocycles. The number of nitrogens with zero attached hydrogens (tertiary/aromatic N) is 1. The third-order valence-corrected chi connectivity index (χ3v) is 4.26. The molecule has 3 N–H and O–H groups in total. The number of primary amides is 1. The third-order valence-electron chi connectivity index (χ3n) is 4.04. The second-order valence-electron chi connectivity index (χ2n) is 5.93. The number of halogens is 1. The molecule has 0 fully saturated rings. The predicted molar refractivity (Wildman–Crippen MR) is 99.8 cm³/mol. The Morgan fingerprint density at radius 2 is 1.76 bits per heavy atom. The molecule has 0 aliphatic carbocycles. The smallest absolute Gasteiger partial charge is 0.249 e. The van der Waals surface area contributed by atoms with Crippen molar-refractivity contribution in [1.82, 2.24) is 4.98 Å². The molecule has 25 heavy (non-hydrogen) atoms. The van der Waals surface area contributed by atoms with E-state index < -0.39 is 5.91 Å². The van der Waals surface area contributed by atoms with Crippen LogP contribution in [0.2, 0.25) is 5.02 Å². The molecular formula is C20H17ClN2O2. The number of aryl methyl sites for hydroxylation is 2. The fraction of sp³-hybridized carbons (Fsp3) is 0.100.